The van der Waals surface area contributed by atoms with Crippen molar-refractivity contribution in [3.8, 4) is 0 Å². The van der Waals surface area contributed by atoms with E-state index >= 15 is 0 Å². The molecule has 2 N–H and O–H groups in total. The zero-order valence-corrected chi connectivity index (χ0v) is 15.2. The van der Waals surface area contributed by atoms with E-state index in [4.69, 9.17) is 17.3 Å². The van der Waals surface area contributed by atoms with Crippen LogP contribution in [0.5, 0.6) is 0 Å². The minimum Gasteiger partial charge on any atom is -0.398 e. The fraction of sp³-hybridized carbons (Fsp3) is 0.350. The summed E-state index contributed by atoms with van der Waals surface area (Å²) in [5.41, 5.74) is 8.73. The molecule has 4 nitrogen and oxygen atoms in total. The lowest BCUT2D eigenvalue weighted by Crippen LogP contribution is -2.38. The van der Waals surface area contributed by atoms with E-state index in [1.807, 2.05) is 48.2 Å². The summed E-state index contributed by atoms with van der Waals surface area (Å²) >= 11 is 6.25. The third kappa shape index (κ3) is 4.07. The van der Waals surface area contributed by atoms with Crippen molar-refractivity contribution in [2.45, 2.75) is 32.4 Å². The molecular weight excluding hydrogens is 334 g/mol. The van der Waals surface area contributed by atoms with Crippen LogP contribution in [0, 0.1) is 0 Å². The SMILES string of the molecule is CCC(=O)N1CC[C@H](N(Cc2ccccc2)c2ccc(N)c(Cl)c2)C1. The molecule has 2 aromatic rings. The highest BCUT2D eigenvalue weighted by molar-refractivity contribution is 6.33. The van der Waals surface area contributed by atoms with Crippen molar-refractivity contribution >= 4 is 28.9 Å². The van der Waals surface area contributed by atoms with Crippen molar-refractivity contribution in [3.05, 3.63) is 59.1 Å². The van der Waals surface area contributed by atoms with Gasteiger partial charge in [0.05, 0.1) is 10.7 Å². The number of carbonyl (C=O) groups is 1. The Morgan fingerprint density at radius 2 is 2.04 bits per heavy atom. The molecule has 2 aromatic carbocycles. The first-order valence-corrected chi connectivity index (χ1v) is 9.09. The van der Waals surface area contributed by atoms with Crippen molar-refractivity contribution in [2.75, 3.05) is 23.7 Å². The summed E-state index contributed by atoms with van der Waals surface area (Å²) in [5.74, 6) is 0.220. The van der Waals surface area contributed by atoms with E-state index in [1.54, 1.807) is 0 Å². The Morgan fingerprint density at radius 1 is 1.28 bits per heavy atom. The zero-order chi connectivity index (χ0) is 17.8. The molecule has 0 aromatic heterocycles. The molecule has 0 unspecified atom stereocenters. The second-order valence-corrected chi connectivity index (χ2v) is 6.86. The van der Waals surface area contributed by atoms with Crippen LogP contribution < -0.4 is 10.6 Å². The van der Waals surface area contributed by atoms with Crippen LogP contribution in [-0.4, -0.2) is 29.9 Å². The summed E-state index contributed by atoms with van der Waals surface area (Å²) in [7, 11) is 0. The largest absolute Gasteiger partial charge is 0.398 e. The van der Waals surface area contributed by atoms with Gasteiger partial charge in [-0.15, -0.1) is 0 Å². The van der Waals surface area contributed by atoms with Crippen molar-refractivity contribution in [1.82, 2.24) is 4.90 Å². The molecule has 1 heterocycles. The number of benzene rings is 2. The minimum atomic E-state index is 0.220. The predicted molar refractivity (Wildman–Crippen MR) is 104 cm³/mol. The maximum Gasteiger partial charge on any atom is 0.222 e. The molecule has 0 radical (unpaired) electrons. The Bertz CT molecular complexity index is 735. The van der Waals surface area contributed by atoms with Gasteiger partial charge in [-0.3, -0.25) is 4.79 Å². The van der Waals surface area contributed by atoms with Gasteiger partial charge in [0.25, 0.3) is 0 Å². The van der Waals surface area contributed by atoms with Crippen LogP contribution in [0.15, 0.2) is 48.5 Å². The highest BCUT2D eigenvalue weighted by Crippen LogP contribution is 2.30. The molecule has 1 aliphatic heterocycles. The van der Waals surface area contributed by atoms with Crippen molar-refractivity contribution in [3.63, 3.8) is 0 Å². The van der Waals surface area contributed by atoms with Gasteiger partial charge in [0.2, 0.25) is 5.91 Å². The highest BCUT2D eigenvalue weighted by Gasteiger charge is 2.30. The lowest BCUT2D eigenvalue weighted by molar-refractivity contribution is -0.129. The number of hydrogen-bond donors (Lipinski definition) is 1. The minimum absolute atomic E-state index is 0.220. The van der Waals surface area contributed by atoms with Crippen LogP contribution in [0.2, 0.25) is 5.02 Å². The molecule has 0 aliphatic carbocycles. The molecule has 1 fully saturated rings. The smallest absolute Gasteiger partial charge is 0.222 e. The zero-order valence-electron chi connectivity index (χ0n) is 14.5. The van der Waals surface area contributed by atoms with Crippen LogP contribution in [0.4, 0.5) is 11.4 Å². The number of nitrogen functional groups attached to an aromatic ring is 1. The van der Waals surface area contributed by atoms with Crippen LogP contribution in [0.1, 0.15) is 25.3 Å². The van der Waals surface area contributed by atoms with Crippen LogP contribution in [0.25, 0.3) is 0 Å². The summed E-state index contributed by atoms with van der Waals surface area (Å²) in [6.45, 7) is 4.25. The number of likely N-dealkylation sites (tertiary alicyclic amines) is 1. The molecule has 132 valence electrons. The van der Waals surface area contributed by atoms with Crippen molar-refractivity contribution in [1.29, 1.82) is 0 Å². The third-order valence-electron chi connectivity index (χ3n) is 4.77. The van der Waals surface area contributed by atoms with Gasteiger partial charge < -0.3 is 15.5 Å². The van der Waals surface area contributed by atoms with Crippen molar-refractivity contribution in [2.24, 2.45) is 0 Å². The summed E-state index contributed by atoms with van der Waals surface area (Å²) in [5, 5.41) is 0.565. The molecular formula is C20H24ClN3O. The van der Waals surface area contributed by atoms with Gasteiger partial charge in [-0.05, 0) is 30.2 Å². The molecule has 0 bridgehead atoms. The van der Waals surface area contributed by atoms with Gasteiger partial charge in [0.1, 0.15) is 0 Å². The number of rotatable bonds is 5. The summed E-state index contributed by atoms with van der Waals surface area (Å²) < 4.78 is 0. The Labute approximate surface area is 154 Å². The molecule has 0 spiro atoms. The summed E-state index contributed by atoms with van der Waals surface area (Å²) in [6, 6.07) is 16.4. The van der Waals surface area contributed by atoms with Crippen LogP contribution in [0.3, 0.4) is 0 Å². The number of halogens is 1. The Kier molecular flexibility index (Phi) is 5.49. The van der Waals surface area contributed by atoms with Gasteiger partial charge in [-0.2, -0.15) is 0 Å². The van der Waals surface area contributed by atoms with Crippen molar-refractivity contribution < 1.29 is 4.79 Å². The fourth-order valence-electron chi connectivity index (χ4n) is 3.35. The summed E-state index contributed by atoms with van der Waals surface area (Å²) in [4.78, 5) is 16.3. The normalized spacial score (nSPS) is 16.9. The number of nitrogens with two attached hydrogens (primary N) is 1. The van der Waals surface area contributed by atoms with E-state index < -0.39 is 0 Å². The molecule has 5 heteroatoms. The number of carbonyl (C=O) groups excluding carboxylic acids is 1. The molecule has 1 atom stereocenters. The molecule has 25 heavy (non-hydrogen) atoms. The first-order valence-electron chi connectivity index (χ1n) is 8.72. The van der Waals surface area contributed by atoms with Gasteiger partial charge in [0, 0.05) is 37.8 Å². The molecule has 3 rings (SSSR count). The number of hydrogen-bond acceptors (Lipinski definition) is 3. The Balaban J connectivity index is 1.86. The van der Waals surface area contributed by atoms with E-state index in [9.17, 15) is 4.79 Å². The highest BCUT2D eigenvalue weighted by atomic mass is 35.5. The van der Waals surface area contributed by atoms with Crippen LogP contribution >= 0.6 is 11.6 Å². The lowest BCUT2D eigenvalue weighted by atomic mass is 10.1. The Hall–Kier alpha value is -2.20. The third-order valence-corrected chi connectivity index (χ3v) is 5.10. The van der Waals surface area contributed by atoms with Gasteiger partial charge >= 0.3 is 0 Å². The van der Waals surface area contributed by atoms with Gasteiger partial charge in [0.15, 0.2) is 0 Å². The molecule has 1 saturated heterocycles. The summed E-state index contributed by atoms with van der Waals surface area (Å²) in [6.07, 6.45) is 1.51. The lowest BCUT2D eigenvalue weighted by Gasteiger charge is -2.32. The van der Waals surface area contributed by atoms with Crippen LogP contribution in [-0.2, 0) is 11.3 Å². The number of anilines is 2. The average Bonchev–Trinajstić information content (AvgIpc) is 3.12. The first-order chi connectivity index (χ1) is 12.1. The number of nitrogens with zero attached hydrogens (tertiary/aromatic N) is 2. The fourth-order valence-corrected chi connectivity index (χ4v) is 3.53. The molecule has 1 aliphatic rings. The quantitative estimate of drug-likeness (QED) is 0.824. The molecule has 0 saturated carbocycles. The second-order valence-electron chi connectivity index (χ2n) is 6.46. The number of amides is 1. The first kappa shape index (κ1) is 17.6. The topological polar surface area (TPSA) is 49.6 Å². The van der Waals surface area contributed by atoms with E-state index in [-0.39, 0.29) is 11.9 Å². The Morgan fingerprint density at radius 3 is 2.72 bits per heavy atom. The van der Waals surface area contributed by atoms with E-state index in [2.05, 4.69) is 17.0 Å². The maximum absolute atomic E-state index is 12.0. The van der Waals surface area contributed by atoms with E-state index in [1.165, 1.54) is 5.56 Å². The maximum atomic E-state index is 12.0. The standard InChI is InChI=1S/C20H24ClN3O/c1-2-20(25)23-11-10-17(14-23)24(13-15-6-4-3-5-7-15)16-8-9-19(22)18(21)12-16/h3-9,12,17H,2,10-11,13-14,22H2,1H3/t17-/m0/s1. The second kappa shape index (κ2) is 7.79. The monoisotopic (exact) mass is 357 g/mol. The van der Waals surface area contributed by atoms with Gasteiger partial charge in [-0.25, -0.2) is 0 Å². The van der Waals surface area contributed by atoms with Gasteiger partial charge in [-0.1, -0.05) is 48.9 Å². The predicted octanol–water partition coefficient (Wildman–Crippen LogP) is 3.94. The average molecular weight is 358 g/mol. The van der Waals surface area contributed by atoms with E-state index in [0.29, 0.717) is 17.1 Å². The van der Waals surface area contributed by atoms with E-state index in [0.717, 1.165) is 31.7 Å². The molecule has 1 amide bonds.